The van der Waals surface area contributed by atoms with Gasteiger partial charge in [-0.25, -0.2) is 4.39 Å². The lowest BCUT2D eigenvalue weighted by molar-refractivity contribution is -0.127. The zero-order chi connectivity index (χ0) is 14.7. The minimum Gasteiger partial charge on any atom is -0.491 e. The number of carbonyl (C=O) groups excluding carboxylic acids is 1. The van der Waals surface area contributed by atoms with E-state index in [-0.39, 0.29) is 18.2 Å². The SMILES string of the molecule is CCOc1cc(N2CCCN(C)C(=O)C2)c(N)cc1F. The van der Waals surface area contributed by atoms with Gasteiger partial charge >= 0.3 is 0 Å². The van der Waals surface area contributed by atoms with Crippen molar-refractivity contribution in [3.8, 4) is 5.75 Å². The van der Waals surface area contributed by atoms with Gasteiger partial charge in [-0.15, -0.1) is 0 Å². The van der Waals surface area contributed by atoms with Gasteiger partial charge in [-0.1, -0.05) is 0 Å². The third kappa shape index (κ3) is 2.95. The third-order valence-corrected chi connectivity index (χ3v) is 3.40. The summed E-state index contributed by atoms with van der Waals surface area (Å²) in [4.78, 5) is 15.5. The molecule has 1 fully saturated rings. The van der Waals surface area contributed by atoms with Crippen LogP contribution in [0.3, 0.4) is 0 Å². The molecular formula is C14H20FN3O2. The predicted molar refractivity (Wildman–Crippen MR) is 76.4 cm³/mol. The number of hydrogen-bond acceptors (Lipinski definition) is 4. The van der Waals surface area contributed by atoms with E-state index in [1.165, 1.54) is 6.07 Å². The average Bonchev–Trinajstić information content (AvgIpc) is 2.56. The van der Waals surface area contributed by atoms with Crippen LogP contribution in [0.25, 0.3) is 0 Å². The van der Waals surface area contributed by atoms with Crippen LogP contribution in [0.2, 0.25) is 0 Å². The molecule has 1 aliphatic heterocycles. The molecule has 1 aromatic carbocycles. The molecule has 6 heteroatoms. The van der Waals surface area contributed by atoms with Gasteiger partial charge in [0, 0.05) is 32.3 Å². The second-order valence-corrected chi connectivity index (χ2v) is 4.86. The minimum absolute atomic E-state index is 0.0317. The number of anilines is 2. The molecule has 0 unspecified atom stereocenters. The number of rotatable bonds is 3. The lowest BCUT2D eigenvalue weighted by Gasteiger charge is -2.24. The summed E-state index contributed by atoms with van der Waals surface area (Å²) in [6.45, 7) is 3.84. The van der Waals surface area contributed by atoms with Crippen molar-refractivity contribution in [2.45, 2.75) is 13.3 Å². The van der Waals surface area contributed by atoms with Crippen LogP contribution in [0.5, 0.6) is 5.75 Å². The highest BCUT2D eigenvalue weighted by Crippen LogP contribution is 2.31. The smallest absolute Gasteiger partial charge is 0.241 e. The first-order valence-electron chi connectivity index (χ1n) is 6.73. The summed E-state index contributed by atoms with van der Waals surface area (Å²) in [5.41, 5.74) is 6.86. The number of ether oxygens (including phenoxy) is 1. The lowest BCUT2D eigenvalue weighted by atomic mass is 10.2. The van der Waals surface area contributed by atoms with Crippen molar-refractivity contribution in [2.75, 3.05) is 43.9 Å². The Kier molecular flexibility index (Phi) is 4.32. The van der Waals surface area contributed by atoms with Gasteiger partial charge in [0.1, 0.15) is 0 Å². The molecule has 0 bridgehead atoms. The Morgan fingerprint density at radius 1 is 1.40 bits per heavy atom. The molecule has 0 spiro atoms. The number of nitrogens with two attached hydrogens (primary N) is 1. The molecule has 0 atom stereocenters. The zero-order valence-corrected chi connectivity index (χ0v) is 11.9. The first-order valence-corrected chi connectivity index (χ1v) is 6.73. The molecule has 5 nitrogen and oxygen atoms in total. The minimum atomic E-state index is -0.480. The Hall–Kier alpha value is -1.98. The highest BCUT2D eigenvalue weighted by Gasteiger charge is 2.22. The van der Waals surface area contributed by atoms with Crippen molar-refractivity contribution in [3.05, 3.63) is 17.9 Å². The van der Waals surface area contributed by atoms with Crippen molar-refractivity contribution in [2.24, 2.45) is 0 Å². The molecule has 1 heterocycles. The summed E-state index contributed by atoms with van der Waals surface area (Å²) in [5.74, 6) is -0.280. The Balaban J connectivity index is 2.31. The van der Waals surface area contributed by atoms with E-state index in [1.807, 2.05) is 4.90 Å². The first-order chi connectivity index (χ1) is 9.52. The molecule has 0 saturated carbocycles. The van der Waals surface area contributed by atoms with Gasteiger partial charge < -0.3 is 20.3 Å². The third-order valence-electron chi connectivity index (χ3n) is 3.40. The Morgan fingerprint density at radius 2 is 2.15 bits per heavy atom. The fraction of sp³-hybridized carbons (Fsp3) is 0.500. The molecule has 20 heavy (non-hydrogen) atoms. The van der Waals surface area contributed by atoms with Gasteiger partial charge in [0.2, 0.25) is 5.91 Å². The maximum atomic E-state index is 13.7. The predicted octanol–water partition coefficient (Wildman–Crippen LogP) is 1.48. The van der Waals surface area contributed by atoms with E-state index >= 15 is 0 Å². The largest absolute Gasteiger partial charge is 0.491 e. The standard InChI is InChI=1S/C14H20FN3O2/c1-3-20-13-8-12(11(16)7-10(13)15)18-6-4-5-17(2)14(19)9-18/h7-8H,3-6,9,16H2,1-2H3. The van der Waals surface area contributed by atoms with Crippen LogP contribution >= 0.6 is 0 Å². The summed E-state index contributed by atoms with van der Waals surface area (Å²) in [6, 6.07) is 2.83. The van der Waals surface area contributed by atoms with Crippen LogP contribution in [0.1, 0.15) is 13.3 Å². The van der Waals surface area contributed by atoms with Crippen LogP contribution in [-0.2, 0) is 4.79 Å². The number of amides is 1. The number of hydrogen-bond donors (Lipinski definition) is 1. The Morgan fingerprint density at radius 3 is 2.85 bits per heavy atom. The Labute approximate surface area is 118 Å². The van der Waals surface area contributed by atoms with E-state index in [1.54, 1.807) is 24.9 Å². The number of nitrogens with zero attached hydrogens (tertiary/aromatic N) is 2. The zero-order valence-electron chi connectivity index (χ0n) is 11.9. The van der Waals surface area contributed by atoms with Gasteiger partial charge in [-0.2, -0.15) is 0 Å². The van der Waals surface area contributed by atoms with E-state index in [0.717, 1.165) is 13.0 Å². The first kappa shape index (κ1) is 14.4. The fourth-order valence-electron chi connectivity index (χ4n) is 2.29. The van der Waals surface area contributed by atoms with Gasteiger partial charge in [-0.3, -0.25) is 4.79 Å². The van der Waals surface area contributed by atoms with Crippen LogP contribution < -0.4 is 15.4 Å². The van der Waals surface area contributed by atoms with Crippen LogP contribution in [0.4, 0.5) is 15.8 Å². The number of carbonyl (C=O) groups is 1. The van der Waals surface area contributed by atoms with Crippen LogP contribution in [0.15, 0.2) is 12.1 Å². The van der Waals surface area contributed by atoms with Crippen molar-refractivity contribution in [1.82, 2.24) is 4.90 Å². The molecule has 2 rings (SSSR count). The Bertz CT molecular complexity index is 507. The quantitative estimate of drug-likeness (QED) is 0.853. The summed E-state index contributed by atoms with van der Waals surface area (Å²) >= 11 is 0. The molecule has 0 radical (unpaired) electrons. The van der Waals surface area contributed by atoms with Gasteiger partial charge in [0.15, 0.2) is 11.6 Å². The molecule has 0 aliphatic carbocycles. The summed E-state index contributed by atoms with van der Waals surface area (Å²) in [6.07, 6.45) is 0.850. The molecule has 2 N–H and O–H groups in total. The van der Waals surface area contributed by atoms with E-state index in [4.69, 9.17) is 10.5 Å². The number of nitrogen functional groups attached to an aromatic ring is 1. The van der Waals surface area contributed by atoms with E-state index in [0.29, 0.717) is 24.5 Å². The molecular weight excluding hydrogens is 261 g/mol. The van der Waals surface area contributed by atoms with E-state index in [2.05, 4.69) is 0 Å². The molecule has 1 saturated heterocycles. The average molecular weight is 281 g/mol. The second-order valence-electron chi connectivity index (χ2n) is 4.86. The van der Waals surface area contributed by atoms with Crippen LogP contribution in [-0.4, -0.2) is 44.1 Å². The van der Waals surface area contributed by atoms with Crippen molar-refractivity contribution in [3.63, 3.8) is 0 Å². The van der Waals surface area contributed by atoms with Crippen molar-refractivity contribution >= 4 is 17.3 Å². The number of likely N-dealkylation sites (N-methyl/N-ethyl adjacent to an activating group) is 1. The highest BCUT2D eigenvalue weighted by molar-refractivity contribution is 5.83. The molecule has 110 valence electrons. The maximum Gasteiger partial charge on any atom is 0.241 e. The van der Waals surface area contributed by atoms with Crippen molar-refractivity contribution < 1.29 is 13.9 Å². The second kappa shape index (κ2) is 5.98. The van der Waals surface area contributed by atoms with E-state index in [9.17, 15) is 9.18 Å². The molecule has 1 amide bonds. The van der Waals surface area contributed by atoms with Crippen molar-refractivity contribution in [1.29, 1.82) is 0 Å². The fourth-order valence-corrected chi connectivity index (χ4v) is 2.29. The molecule has 1 aromatic rings. The summed E-state index contributed by atoms with van der Waals surface area (Å²) in [5, 5.41) is 0. The summed E-state index contributed by atoms with van der Waals surface area (Å²) in [7, 11) is 1.78. The topological polar surface area (TPSA) is 58.8 Å². The van der Waals surface area contributed by atoms with Gasteiger partial charge in [0.05, 0.1) is 24.5 Å². The maximum absolute atomic E-state index is 13.7. The molecule has 0 aromatic heterocycles. The molecule has 1 aliphatic rings. The van der Waals surface area contributed by atoms with Crippen LogP contribution in [0, 0.1) is 5.82 Å². The number of benzene rings is 1. The van der Waals surface area contributed by atoms with E-state index < -0.39 is 5.82 Å². The summed E-state index contributed by atoms with van der Waals surface area (Å²) < 4.78 is 19.0. The lowest BCUT2D eigenvalue weighted by Crippen LogP contribution is -2.34. The van der Waals surface area contributed by atoms with Gasteiger partial charge in [-0.05, 0) is 13.3 Å². The highest BCUT2D eigenvalue weighted by atomic mass is 19.1. The normalized spacial score (nSPS) is 16.2. The van der Waals surface area contributed by atoms with Gasteiger partial charge in [0.25, 0.3) is 0 Å². The monoisotopic (exact) mass is 281 g/mol. The number of halogens is 1.